The van der Waals surface area contributed by atoms with Crippen LogP contribution in [-0.2, 0) is 9.53 Å². The Morgan fingerprint density at radius 1 is 1.71 bits per heavy atom. The molecule has 1 aromatic rings. The van der Waals surface area contributed by atoms with Gasteiger partial charge in [-0.1, -0.05) is 23.1 Å². The number of carbonyl (C=O) groups is 1. The van der Waals surface area contributed by atoms with Gasteiger partial charge in [-0.05, 0) is 27.3 Å². The second-order valence-corrected chi connectivity index (χ2v) is 5.78. The molecule has 0 amide bonds. The Balaban J connectivity index is 2.43. The number of rotatable bonds is 7. The van der Waals surface area contributed by atoms with Crippen LogP contribution in [0.5, 0.6) is 0 Å². The molecule has 0 saturated heterocycles. The number of hydrogen-bond acceptors (Lipinski definition) is 7. The fourth-order valence-electron chi connectivity index (χ4n) is 1.19. The first-order valence-electron chi connectivity index (χ1n) is 5.37. The lowest BCUT2D eigenvalue weighted by Crippen LogP contribution is -2.49. The average Bonchev–Trinajstić information content (AvgIpc) is 2.82. The zero-order valence-corrected chi connectivity index (χ0v) is 11.9. The van der Waals surface area contributed by atoms with Crippen molar-refractivity contribution >= 4 is 29.1 Å². The molecule has 0 bridgehead atoms. The third-order valence-electron chi connectivity index (χ3n) is 2.45. The molecule has 0 spiro atoms. The summed E-state index contributed by atoms with van der Waals surface area (Å²) in [5.74, 6) is 0.589. The molecule has 5 nitrogen and oxygen atoms in total. The fourth-order valence-corrected chi connectivity index (χ4v) is 2.91. The van der Waals surface area contributed by atoms with E-state index in [1.165, 1.54) is 11.3 Å². The van der Waals surface area contributed by atoms with Gasteiger partial charge in [-0.15, -0.1) is 10.2 Å². The molecule has 0 aliphatic rings. The molecule has 17 heavy (non-hydrogen) atoms. The topological polar surface area (TPSA) is 64.1 Å². The normalized spacial score (nSPS) is 14.3. The summed E-state index contributed by atoms with van der Waals surface area (Å²) in [6.45, 7) is 4.06. The van der Waals surface area contributed by atoms with E-state index in [1.807, 2.05) is 13.8 Å². The summed E-state index contributed by atoms with van der Waals surface area (Å²) >= 11 is 3.11. The molecule has 0 radical (unpaired) electrons. The number of thioether (sulfide) groups is 1. The van der Waals surface area contributed by atoms with E-state index in [4.69, 9.17) is 4.74 Å². The highest BCUT2D eigenvalue weighted by Gasteiger charge is 2.32. The molecular formula is C10H17N3O2S2. The van der Waals surface area contributed by atoms with E-state index in [9.17, 15) is 4.79 Å². The first-order chi connectivity index (χ1) is 8.12. The van der Waals surface area contributed by atoms with Crippen molar-refractivity contribution in [3.63, 3.8) is 0 Å². The summed E-state index contributed by atoms with van der Waals surface area (Å²) < 4.78 is 5.97. The van der Waals surface area contributed by atoms with Crippen LogP contribution in [-0.4, -0.2) is 41.1 Å². The molecule has 1 rings (SSSR count). The Hall–Kier alpha value is -0.660. The van der Waals surface area contributed by atoms with Crippen LogP contribution in [0.4, 0.5) is 0 Å². The van der Waals surface area contributed by atoms with Crippen LogP contribution in [0.2, 0.25) is 0 Å². The van der Waals surface area contributed by atoms with Crippen LogP contribution in [0.1, 0.15) is 20.3 Å². The van der Waals surface area contributed by atoms with Crippen LogP contribution < -0.4 is 5.32 Å². The lowest BCUT2D eigenvalue weighted by molar-refractivity contribution is -0.150. The van der Waals surface area contributed by atoms with Crippen LogP contribution in [0.15, 0.2) is 9.85 Å². The van der Waals surface area contributed by atoms with Crippen molar-refractivity contribution in [1.82, 2.24) is 15.5 Å². The molecule has 0 aliphatic carbocycles. The van der Waals surface area contributed by atoms with Crippen molar-refractivity contribution in [2.45, 2.75) is 30.1 Å². The number of nitrogens with zero attached hydrogens (tertiary/aromatic N) is 2. The molecule has 0 fully saturated rings. The highest BCUT2D eigenvalue weighted by molar-refractivity contribution is 8.00. The van der Waals surface area contributed by atoms with Crippen molar-refractivity contribution in [3.05, 3.63) is 5.51 Å². The van der Waals surface area contributed by atoms with Crippen molar-refractivity contribution in [1.29, 1.82) is 0 Å². The molecule has 0 aliphatic heterocycles. The van der Waals surface area contributed by atoms with Gasteiger partial charge in [0.2, 0.25) is 0 Å². The maximum absolute atomic E-state index is 11.8. The monoisotopic (exact) mass is 275 g/mol. The molecule has 0 aromatic carbocycles. The number of aromatic nitrogens is 2. The number of esters is 1. The SMILES string of the molecule is CCOC(=O)C(C)(CCSc1nncs1)NC. The van der Waals surface area contributed by atoms with Crippen LogP contribution in [0, 0.1) is 0 Å². The minimum atomic E-state index is -0.631. The second-order valence-electron chi connectivity index (χ2n) is 3.61. The van der Waals surface area contributed by atoms with Crippen molar-refractivity contribution in [2.24, 2.45) is 0 Å². The molecule has 96 valence electrons. The summed E-state index contributed by atoms with van der Waals surface area (Å²) in [6.07, 6.45) is 0.687. The molecule has 0 saturated carbocycles. The van der Waals surface area contributed by atoms with Crippen molar-refractivity contribution in [3.8, 4) is 0 Å². The molecule has 1 heterocycles. The molecule has 1 N–H and O–H groups in total. The van der Waals surface area contributed by atoms with Gasteiger partial charge in [-0.25, -0.2) is 0 Å². The number of ether oxygens (including phenoxy) is 1. The van der Waals surface area contributed by atoms with Gasteiger partial charge in [0.15, 0.2) is 4.34 Å². The van der Waals surface area contributed by atoms with E-state index in [1.54, 1.807) is 24.3 Å². The van der Waals surface area contributed by atoms with E-state index >= 15 is 0 Å². The standard InChI is InChI=1S/C10H17N3O2S2/c1-4-15-8(14)10(2,11-3)5-6-16-9-13-12-7-17-9/h7,11H,4-6H2,1-3H3. The minimum Gasteiger partial charge on any atom is -0.465 e. The smallest absolute Gasteiger partial charge is 0.326 e. The zero-order valence-electron chi connectivity index (χ0n) is 10.2. The van der Waals surface area contributed by atoms with E-state index in [-0.39, 0.29) is 5.97 Å². The maximum atomic E-state index is 11.8. The fraction of sp³-hybridized carbons (Fsp3) is 0.700. The first-order valence-corrected chi connectivity index (χ1v) is 7.24. The second kappa shape index (κ2) is 6.93. The van der Waals surface area contributed by atoms with Gasteiger partial charge < -0.3 is 10.1 Å². The predicted octanol–water partition coefficient (Wildman–Crippen LogP) is 1.56. The third-order valence-corrected chi connectivity index (χ3v) is 4.31. The van der Waals surface area contributed by atoms with Crippen molar-refractivity contribution in [2.75, 3.05) is 19.4 Å². The van der Waals surface area contributed by atoms with Crippen LogP contribution >= 0.6 is 23.1 Å². The number of carbonyl (C=O) groups excluding carboxylic acids is 1. The molecule has 7 heteroatoms. The van der Waals surface area contributed by atoms with Gasteiger partial charge in [0.1, 0.15) is 11.0 Å². The van der Waals surface area contributed by atoms with Gasteiger partial charge >= 0.3 is 5.97 Å². The van der Waals surface area contributed by atoms with Gasteiger partial charge in [0, 0.05) is 5.75 Å². The average molecular weight is 275 g/mol. The van der Waals surface area contributed by atoms with Gasteiger partial charge in [-0.3, -0.25) is 4.79 Å². The minimum absolute atomic E-state index is 0.208. The maximum Gasteiger partial charge on any atom is 0.326 e. The Morgan fingerprint density at radius 2 is 2.47 bits per heavy atom. The lowest BCUT2D eigenvalue weighted by Gasteiger charge is -2.26. The summed E-state index contributed by atoms with van der Waals surface area (Å²) in [5, 5.41) is 10.7. The van der Waals surface area contributed by atoms with E-state index in [2.05, 4.69) is 15.5 Å². The van der Waals surface area contributed by atoms with Gasteiger partial charge in [0.05, 0.1) is 6.61 Å². The van der Waals surface area contributed by atoms with Crippen molar-refractivity contribution < 1.29 is 9.53 Å². The first kappa shape index (κ1) is 14.4. The number of hydrogen-bond donors (Lipinski definition) is 1. The number of likely N-dealkylation sites (N-methyl/N-ethyl adjacent to an activating group) is 1. The Morgan fingerprint density at radius 3 is 3.00 bits per heavy atom. The lowest BCUT2D eigenvalue weighted by atomic mass is 10.00. The largest absolute Gasteiger partial charge is 0.465 e. The quantitative estimate of drug-likeness (QED) is 0.602. The summed E-state index contributed by atoms with van der Waals surface area (Å²) in [5.41, 5.74) is 1.07. The van der Waals surface area contributed by atoms with E-state index in [0.717, 1.165) is 10.1 Å². The Bertz CT molecular complexity index is 345. The third kappa shape index (κ3) is 4.25. The molecule has 1 aromatic heterocycles. The van der Waals surface area contributed by atoms with Gasteiger partial charge in [0.25, 0.3) is 0 Å². The van der Waals surface area contributed by atoms with E-state index < -0.39 is 5.54 Å². The molecule has 1 unspecified atom stereocenters. The Kier molecular flexibility index (Phi) is 5.87. The summed E-state index contributed by atoms with van der Waals surface area (Å²) in [4.78, 5) is 11.8. The van der Waals surface area contributed by atoms with Gasteiger partial charge in [-0.2, -0.15) is 0 Å². The predicted molar refractivity (Wildman–Crippen MR) is 69.3 cm³/mol. The zero-order chi connectivity index (χ0) is 12.7. The summed E-state index contributed by atoms with van der Waals surface area (Å²) in [6, 6.07) is 0. The summed E-state index contributed by atoms with van der Waals surface area (Å²) in [7, 11) is 1.77. The number of nitrogens with one attached hydrogen (secondary N) is 1. The molecular weight excluding hydrogens is 258 g/mol. The van der Waals surface area contributed by atoms with E-state index in [0.29, 0.717) is 13.0 Å². The van der Waals surface area contributed by atoms with Crippen LogP contribution in [0.3, 0.4) is 0 Å². The highest BCUT2D eigenvalue weighted by Crippen LogP contribution is 2.23. The van der Waals surface area contributed by atoms with Crippen LogP contribution in [0.25, 0.3) is 0 Å². The Labute approximate surface area is 109 Å². The molecule has 1 atom stereocenters. The highest BCUT2D eigenvalue weighted by atomic mass is 32.2.